The Hall–Kier alpha value is -2.48. The van der Waals surface area contributed by atoms with Crippen LogP contribution in [0, 0.1) is 0 Å². The maximum atomic E-state index is 11.9. The molecule has 0 saturated carbocycles. The average molecular weight is 289 g/mol. The Morgan fingerprint density at radius 3 is 3.15 bits per heavy atom. The molecule has 0 unspecified atom stereocenters. The zero-order chi connectivity index (χ0) is 13.9. The average Bonchev–Trinajstić information content (AvgIpc) is 3.14. The monoisotopic (exact) mass is 289 g/mol. The standard InChI is InChI=1S/C12H11N5O2S/c1-19-12-10-16-15-9(17(10)5-4-13-12)7-14-11(18)8-3-2-6-20-8/h2-6H,7H2,1H3,(H,14,18). The minimum Gasteiger partial charge on any atom is -0.478 e. The predicted octanol–water partition coefficient (Wildman–Crippen LogP) is 1.12. The number of carbonyl (C=O) groups excluding carboxylic acids is 1. The Labute approximate surface area is 118 Å². The van der Waals surface area contributed by atoms with Crippen molar-refractivity contribution in [2.45, 2.75) is 6.54 Å². The van der Waals surface area contributed by atoms with E-state index in [2.05, 4.69) is 20.5 Å². The van der Waals surface area contributed by atoms with E-state index in [1.54, 1.807) is 22.9 Å². The fraction of sp³-hybridized carbons (Fsp3) is 0.167. The van der Waals surface area contributed by atoms with Gasteiger partial charge in [0, 0.05) is 12.4 Å². The summed E-state index contributed by atoms with van der Waals surface area (Å²) in [6.07, 6.45) is 3.32. The highest BCUT2D eigenvalue weighted by Crippen LogP contribution is 2.14. The van der Waals surface area contributed by atoms with Crippen molar-refractivity contribution in [3.05, 3.63) is 40.6 Å². The fourth-order valence-corrected chi connectivity index (χ4v) is 2.41. The lowest BCUT2D eigenvalue weighted by Gasteiger charge is -2.03. The van der Waals surface area contributed by atoms with Crippen molar-refractivity contribution in [1.29, 1.82) is 0 Å². The first-order valence-electron chi connectivity index (χ1n) is 5.84. The lowest BCUT2D eigenvalue weighted by molar-refractivity contribution is 0.0954. The summed E-state index contributed by atoms with van der Waals surface area (Å²) in [7, 11) is 1.52. The first kappa shape index (κ1) is 12.5. The number of nitrogens with one attached hydrogen (secondary N) is 1. The molecule has 1 N–H and O–H groups in total. The van der Waals surface area contributed by atoms with Gasteiger partial charge >= 0.3 is 0 Å². The van der Waals surface area contributed by atoms with E-state index in [-0.39, 0.29) is 12.5 Å². The summed E-state index contributed by atoms with van der Waals surface area (Å²) in [6.45, 7) is 0.283. The topological polar surface area (TPSA) is 81.4 Å². The SMILES string of the molecule is COc1nccn2c(CNC(=O)c3cccs3)nnc12. The molecule has 0 atom stereocenters. The van der Waals surface area contributed by atoms with Gasteiger partial charge in [0.2, 0.25) is 5.65 Å². The number of rotatable bonds is 4. The minimum absolute atomic E-state index is 0.127. The van der Waals surface area contributed by atoms with Crippen LogP contribution in [0.5, 0.6) is 5.88 Å². The van der Waals surface area contributed by atoms with E-state index in [0.29, 0.717) is 22.2 Å². The van der Waals surface area contributed by atoms with Gasteiger partial charge in [-0.25, -0.2) is 4.98 Å². The molecule has 8 heteroatoms. The van der Waals surface area contributed by atoms with Crippen LogP contribution >= 0.6 is 11.3 Å². The molecule has 3 heterocycles. The highest BCUT2D eigenvalue weighted by atomic mass is 32.1. The molecule has 0 spiro atoms. The zero-order valence-corrected chi connectivity index (χ0v) is 11.4. The molecule has 0 fully saturated rings. The molecule has 0 saturated heterocycles. The number of methoxy groups -OCH3 is 1. The number of ether oxygens (including phenoxy) is 1. The number of hydrogen-bond acceptors (Lipinski definition) is 6. The summed E-state index contributed by atoms with van der Waals surface area (Å²) < 4.78 is 6.84. The Bertz CT molecular complexity index is 737. The summed E-state index contributed by atoms with van der Waals surface area (Å²) in [6, 6.07) is 3.61. The second kappa shape index (κ2) is 5.25. The quantitative estimate of drug-likeness (QED) is 0.778. The molecular weight excluding hydrogens is 278 g/mol. The van der Waals surface area contributed by atoms with Gasteiger partial charge < -0.3 is 10.1 Å². The lowest BCUT2D eigenvalue weighted by Crippen LogP contribution is -2.23. The van der Waals surface area contributed by atoms with Crippen molar-refractivity contribution in [3.8, 4) is 5.88 Å². The number of amides is 1. The number of carbonyl (C=O) groups is 1. The molecule has 0 aliphatic carbocycles. The molecule has 0 aliphatic rings. The second-order valence-electron chi connectivity index (χ2n) is 3.91. The summed E-state index contributed by atoms with van der Waals surface area (Å²) >= 11 is 1.39. The molecule has 3 aromatic rings. The maximum Gasteiger partial charge on any atom is 0.261 e. The maximum absolute atomic E-state index is 11.9. The Morgan fingerprint density at radius 2 is 2.40 bits per heavy atom. The van der Waals surface area contributed by atoms with E-state index in [1.807, 2.05) is 11.4 Å². The molecule has 20 heavy (non-hydrogen) atoms. The Balaban J connectivity index is 1.80. The molecule has 0 radical (unpaired) electrons. The van der Waals surface area contributed by atoms with E-state index in [4.69, 9.17) is 4.74 Å². The van der Waals surface area contributed by atoms with Crippen LogP contribution in [0.1, 0.15) is 15.5 Å². The van der Waals surface area contributed by atoms with Crippen LogP contribution in [0.25, 0.3) is 5.65 Å². The van der Waals surface area contributed by atoms with Gasteiger partial charge in [-0.05, 0) is 11.4 Å². The molecule has 102 valence electrons. The van der Waals surface area contributed by atoms with Gasteiger partial charge in [-0.15, -0.1) is 21.5 Å². The second-order valence-corrected chi connectivity index (χ2v) is 4.85. The highest BCUT2D eigenvalue weighted by molar-refractivity contribution is 7.12. The third-order valence-corrected chi connectivity index (χ3v) is 3.58. The molecule has 0 aromatic carbocycles. The normalized spacial score (nSPS) is 10.7. The molecule has 3 aromatic heterocycles. The largest absolute Gasteiger partial charge is 0.478 e. The van der Waals surface area contributed by atoms with Gasteiger partial charge in [-0.3, -0.25) is 9.20 Å². The van der Waals surface area contributed by atoms with Gasteiger partial charge in [0.05, 0.1) is 18.5 Å². The molecule has 0 bridgehead atoms. The van der Waals surface area contributed by atoms with Crippen LogP contribution in [-0.4, -0.2) is 32.6 Å². The Kier molecular flexibility index (Phi) is 3.30. The molecule has 0 aliphatic heterocycles. The van der Waals surface area contributed by atoms with Crippen molar-refractivity contribution in [3.63, 3.8) is 0 Å². The predicted molar refractivity (Wildman–Crippen MR) is 72.8 cm³/mol. The van der Waals surface area contributed by atoms with Gasteiger partial charge in [0.25, 0.3) is 11.8 Å². The first-order chi connectivity index (χ1) is 9.79. The van der Waals surface area contributed by atoms with E-state index in [1.165, 1.54) is 18.4 Å². The van der Waals surface area contributed by atoms with Gasteiger partial charge in [-0.2, -0.15) is 0 Å². The van der Waals surface area contributed by atoms with Crippen molar-refractivity contribution in [1.82, 2.24) is 24.9 Å². The number of nitrogens with zero attached hydrogens (tertiary/aromatic N) is 4. The van der Waals surface area contributed by atoms with Crippen LogP contribution in [-0.2, 0) is 6.54 Å². The highest BCUT2D eigenvalue weighted by Gasteiger charge is 2.12. The van der Waals surface area contributed by atoms with Gasteiger partial charge in [0.1, 0.15) is 0 Å². The minimum atomic E-state index is -0.127. The first-order valence-corrected chi connectivity index (χ1v) is 6.72. The third kappa shape index (κ3) is 2.21. The summed E-state index contributed by atoms with van der Waals surface area (Å²) in [4.78, 5) is 16.6. The number of thiophene rings is 1. The molecule has 1 amide bonds. The summed E-state index contributed by atoms with van der Waals surface area (Å²) in [5, 5.41) is 12.7. The van der Waals surface area contributed by atoms with E-state index >= 15 is 0 Å². The summed E-state index contributed by atoms with van der Waals surface area (Å²) in [5.41, 5.74) is 0.523. The van der Waals surface area contributed by atoms with Gasteiger partial charge in [0.15, 0.2) is 5.82 Å². The van der Waals surface area contributed by atoms with E-state index in [0.717, 1.165) is 0 Å². The number of fused-ring (bicyclic) bond motifs is 1. The van der Waals surface area contributed by atoms with Gasteiger partial charge in [-0.1, -0.05) is 6.07 Å². The van der Waals surface area contributed by atoms with Crippen molar-refractivity contribution < 1.29 is 9.53 Å². The molecule has 7 nitrogen and oxygen atoms in total. The molecule has 3 rings (SSSR count). The van der Waals surface area contributed by atoms with Crippen molar-refractivity contribution in [2.75, 3.05) is 7.11 Å². The van der Waals surface area contributed by atoms with Crippen molar-refractivity contribution in [2.24, 2.45) is 0 Å². The van der Waals surface area contributed by atoms with Crippen LogP contribution in [0.4, 0.5) is 0 Å². The van der Waals surface area contributed by atoms with Crippen LogP contribution < -0.4 is 10.1 Å². The van der Waals surface area contributed by atoms with Crippen LogP contribution in [0.15, 0.2) is 29.9 Å². The third-order valence-electron chi connectivity index (χ3n) is 2.71. The lowest BCUT2D eigenvalue weighted by atomic mass is 10.4. The van der Waals surface area contributed by atoms with Crippen LogP contribution in [0.3, 0.4) is 0 Å². The number of aromatic nitrogens is 4. The zero-order valence-electron chi connectivity index (χ0n) is 10.6. The van der Waals surface area contributed by atoms with E-state index < -0.39 is 0 Å². The smallest absolute Gasteiger partial charge is 0.261 e. The number of hydrogen-bond donors (Lipinski definition) is 1. The van der Waals surface area contributed by atoms with Crippen LogP contribution in [0.2, 0.25) is 0 Å². The molecular formula is C12H11N5O2S. The fourth-order valence-electron chi connectivity index (χ4n) is 1.77. The summed E-state index contributed by atoms with van der Waals surface area (Å²) in [5.74, 6) is 0.888. The van der Waals surface area contributed by atoms with E-state index in [9.17, 15) is 4.79 Å². The van der Waals surface area contributed by atoms with Crippen molar-refractivity contribution >= 4 is 22.9 Å². The Morgan fingerprint density at radius 1 is 1.50 bits per heavy atom.